The van der Waals surface area contributed by atoms with Gasteiger partial charge in [-0.05, 0) is 71.8 Å². The number of thiol groups is 1. The molecule has 0 spiro atoms. The predicted octanol–water partition coefficient (Wildman–Crippen LogP) is 1.87. The summed E-state index contributed by atoms with van der Waals surface area (Å²) in [4.78, 5) is 26.2. The second kappa shape index (κ2) is 10.3. The van der Waals surface area contributed by atoms with E-state index in [0.29, 0.717) is 12.5 Å². The molecule has 1 aliphatic carbocycles. The highest BCUT2D eigenvalue weighted by Gasteiger charge is 2.31. The first-order chi connectivity index (χ1) is 14.4. The summed E-state index contributed by atoms with van der Waals surface area (Å²) < 4.78 is 41.5. The number of nitrogens with zero attached hydrogens (tertiary/aromatic N) is 2. The minimum atomic E-state index is -3.11. The maximum Gasteiger partial charge on any atom is 0.337 e. The van der Waals surface area contributed by atoms with Crippen molar-refractivity contribution in [3.05, 3.63) is 23.8 Å². The highest BCUT2D eigenvalue weighted by atomic mass is 32.2. The van der Waals surface area contributed by atoms with Crippen LogP contribution in [0.25, 0.3) is 0 Å². The summed E-state index contributed by atoms with van der Waals surface area (Å²) in [6, 6.07) is 3.58. The van der Waals surface area contributed by atoms with Gasteiger partial charge in [0.15, 0.2) is 0 Å². The first kappa shape index (κ1) is 24.9. The number of methoxy groups -OCH3 is 1. The molecule has 0 saturated heterocycles. The Hall–Kier alpha value is -2.33. The summed E-state index contributed by atoms with van der Waals surface area (Å²) in [5, 5.41) is 0. The minimum absolute atomic E-state index is 0.169. The van der Waals surface area contributed by atoms with E-state index in [1.165, 1.54) is 25.3 Å². The van der Waals surface area contributed by atoms with Crippen LogP contribution in [-0.4, -0.2) is 71.3 Å². The third-order valence-corrected chi connectivity index (χ3v) is 5.45. The van der Waals surface area contributed by atoms with Crippen molar-refractivity contribution in [2.75, 3.05) is 38.7 Å². The van der Waals surface area contributed by atoms with E-state index in [1.807, 2.05) is 0 Å². The monoisotopic (exact) mass is 456 g/mol. The lowest BCUT2D eigenvalue weighted by Gasteiger charge is -2.31. The van der Waals surface area contributed by atoms with Crippen LogP contribution in [-0.2, 0) is 25.2 Å². The number of ether oxygens (including phenoxy) is 3. The van der Waals surface area contributed by atoms with Crippen LogP contribution in [0, 0.1) is 5.92 Å². The SMILES string of the molecule is COC(=O)c1ccc(N(CC(C(=O)OC(C)(C)C)N(C)C)[SH](=O)=O)c(OCC2CC2)c1. The quantitative estimate of drug-likeness (QED) is 0.421. The first-order valence-corrected chi connectivity index (χ1v) is 11.2. The maximum atomic E-state index is 12.7. The summed E-state index contributed by atoms with van der Waals surface area (Å²) >= 11 is 0. The Morgan fingerprint density at radius 1 is 1.19 bits per heavy atom. The summed E-state index contributed by atoms with van der Waals surface area (Å²) in [7, 11) is 1.51. The molecular formula is C21H32N2O7S. The third kappa shape index (κ3) is 7.39. The van der Waals surface area contributed by atoms with Gasteiger partial charge in [0.2, 0.25) is 10.9 Å². The Kier molecular flexibility index (Phi) is 8.30. The fourth-order valence-corrected chi connectivity index (χ4v) is 3.44. The van der Waals surface area contributed by atoms with E-state index in [1.54, 1.807) is 39.8 Å². The van der Waals surface area contributed by atoms with Crippen molar-refractivity contribution in [3.63, 3.8) is 0 Å². The molecule has 0 aromatic heterocycles. The lowest BCUT2D eigenvalue weighted by Crippen LogP contribution is -2.47. The number of carbonyl (C=O) groups is 2. The molecule has 1 atom stereocenters. The third-order valence-electron chi connectivity index (χ3n) is 4.68. The van der Waals surface area contributed by atoms with Crippen molar-refractivity contribution in [3.8, 4) is 5.75 Å². The molecule has 1 aromatic rings. The Morgan fingerprint density at radius 3 is 2.32 bits per heavy atom. The zero-order chi connectivity index (χ0) is 23.3. The molecule has 174 valence electrons. The summed E-state index contributed by atoms with van der Waals surface area (Å²) in [5.74, 6) is -0.428. The van der Waals surface area contributed by atoms with Crippen molar-refractivity contribution >= 4 is 28.5 Å². The highest BCUT2D eigenvalue weighted by Crippen LogP contribution is 2.34. The highest BCUT2D eigenvalue weighted by molar-refractivity contribution is 7.74. The maximum absolute atomic E-state index is 12.7. The van der Waals surface area contributed by atoms with Gasteiger partial charge in [-0.3, -0.25) is 14.0 Å². The predicted molar refractivity (Wildman–Crippen MR) is 117 cm³/mol. The lowest BCUT2D eigenvalue weighted by atomic mass is 10.1. The first-order valence-electron chi connectivity index (χ1n) is 10.1. The van der Waals surface area contributed by atoms with Gasteiger partial charge in [-0.25, -0.2) is 13.2 Å². The fraction of sp³-hybridized carbons (Fsp3) is 0.619. The molecule has 31 heavy (non-hydrogen) atoms. The number of carbonyl (C=O) groups excluding carboxylic acids is 2. The van der Waals surface area contributed by atoms with Gasteiger partial charge in [0.25, 0.3) is 0 Å². The molecule has 2 rings (SSSR count). The zero-order valence-corrected chi connectivity index (χ0v) is 19.8. The van der Waals surface area contributed by atoms with Gasteiger partial charge in [-0.1, -0.05) is 0 Å². The summed E-state index contributed by atoms with van der Waals surface area (Å²) in [6.45, 7) is 5.50. The number of hydrogen-bond acceptors (Lipinski definition) is 8. The number of anilines is 1. The van der Waals surface area contributed by atoms with Gasteiger partial charge in [0.05, 0.1) is 31.5 Å². The molecule has 0 amide bonds. The van der Waals surface area contributed by atoms with E-state index < -0.39 is 34.5 Å². The second-order valence-corrected chi connectivity index (χ2v) is 9.72. The molecule has 9 nitrogen and oxygen atoms in total. The molecule has 0 heterocycles. The fourth-order valence-electron chi connectivity index (χ4n) is 2.82. The van der Waals surface area contributed by atoms with Gasteiger partial charge < -0.3 is 14.2 Å². The van der Waals surface area contributed by atoms with Crippen LogP contribution in [0.4, 0.5) is 5.69 Å². The number of benzene rings is 1. The van der Waals surface area contributed by atoms with Gasteiger partial charge in [-0.2, -0.15) is 0 Å². The Bertz CT molecular complexity index is 865. The molecule has 1 unspecified atom stereocenters. The van der Waals surface area contributed by atoms with Gasteiger partial charge in [0, 0.05) is 0 Å². The average Bonchev–Trinajstić information content (AvgIpc) is 3.48. The number of esters is 2. The van der Waals surface area contributed by atoms with Crippen molar-refractivity contribution in [2.24, 2.45) is 5.92 Å². The van der Waals surface area contributed by atoms with E-state index in [9.17, 15) is 18.0 Å². The molecule has 0 N–H and O–H groups in total. The van der Waals surface area contributed by atoms with Crippen LogP contribution in [0.2, 0.25) is 0 Å². The molecule has 0 radical (unpaired) electrons. The Labute approximate surface area is 185 Å². The van der Waals surface area contributed by atoms with Crippen molar-refractivity contribution < 1.29 is 32.2 Å². The molecule has 10 heteroatoms. The molecular weight excluding hydrogens is 424 g/mol. The van der Waals surface area contributed by atoms with Gasteiger partial charge in [-0.15, -0.1) is 0 Å². The second-order valence-electron chi connectivity index (χ2n) is 8.76. The van der Waals surface area contributed by atoms with Crippen molar-refractivity contribution in [1.29, 1.82) is 0 Å². The van der Waals surface area contributed by atoms with Crippen LogP contribution in [0.15, 0.2) is 18.2 Å². The van der Waals surface area contributed by atoms with Crippen LogP contribution >= 0.6 is 0 Å². The number of likely N-dealkylation sites (N-methyl/N-ethyl adjacent to an activating group) is 1. The largest absolute Gasteiger partial charge is 0.491 e. The van der Waals surface area contributed by atoms with E-state index in [2.05, 4.69) is 0 Å². The minimum Gasteiger partial charge on any atom is -0.491 e. The molecule has 1 aromatic carbocycles. The molecule has 1 fully saturated rings. The van der Waals surface area contributed by atoms with Crippen LogP contribution in [0.5, 0.6) is 5.75 Å². The van der Waals surface area contributed by atoms with Crippen molar-refractivity contribution in [2.45, 2.75) is 45.3 Å². The van der Waals surface area contributed by atoms with Crippen molar-refractivity contribution in [1.82, 2.24) is 4.90 Å². The smallest absolute Gasteiger partial charge is 0.337 e. The van der Waals surface area contributed by atoms with Crippen LogP contribution in [0.1, 0.15) is 44.0 Å². The molecule has 0 aliphatic heterocycles. The van der Waals surface area contributed by atoms with Gasteiger partial charge in [0.1, 0.15) is 17.4 Å². The normalized spacial score (nSPS) is 15.0. The van der Waals surface area contributed by atoms with E-state index >= 15 is 0 Å². The Morgan fingerprint density at radius 2 is 1.84 bits per heavy atom. The standard InChI is InChI=1S/C21H32N2O7S/c1-21(2,3)30-20(25)17(22(4)5)12-23(31(26)27)16-10-9-15(19(24)28-6)11-18(16)29-13-14-7-8-14/h9-11,14,17,31H,7-8,12-13H2,1-6H3. The molecule has 0 bridgehead atoms. The summed E-state index contributed by atoms with van der Waals surface area (Å²) in [5.41, 5.74) is -0.217. The van der Waals surface area contributed by atoms with E-state index in [0.717, 1.165) is 17.1 Å². The van der Waals surface area contributed by atoms with E-state index in [-0.39, 0.29) is 23.5 Å². The number of hydrogen-bond donors (Lipinski definition) is 1. The molecule has 1 saturated carbocycles. The van der Waals surface area contributed by atoms with Crippen LogP contribution in [0.3, 0.4) is 0 Å². The van der Waals surface area contributed by atoms with Gasteiger partial charge >= 0.3 is 11.9 Å². The van der Waals surface area contributed by atoms with Crippen LogP contribution < -0.4 is 9.04 Å². The lowest BCUT2D eigenvalue weighted by molar-refractivity contribution is -0.160. The topological polar surface area (TPSA) is 102 Å². The Balaban J connectivity index is 2.38. The zero-order valence-electron chi connectivity index (χ0n) is 18.9. The average molecular weight is 457 g/mol. The summed E-state index contributed by atoms with van der Waals surface area (Å²) in [6.07, 6.45) is 2.10. The van der Waals surface area contributed by atoms with E-state index in [4.69, 9.17) is 14.2 Å². The molecule has 1 aliphatic rings. The number of rotatable bonds is 10.